The highest BCUT2D eigenvalue weighted by atomic mass is 28.4. The summed E-state index contributed by atoms with van der Waals surface area (Å²) in [6.07, 6.45) is 3.44. The van der Waals surface area contributed by atoms with Crippen molar-refractivity contribution < 1.29 is 18.3 Å². The Bertz CT molecular complexity index is 187. The number of rotatable bonds is 12. The van der Waals surface area contributed by atoms with Gasteiger partial charge in [-0.05, 0) is 13.1 Å². The molecule has 0 aromatic rings. The molecular weight excluding hydrogens is 236 g/mol. The van der Waals surface area contributed by atoms with Crippen molar-refractivity contribution in [3.8, 4) is 0 Å². The third-order valence-electron chi connectivity index (χ3n) is 1.83. The highest BCUT2D eigenvalue weighted by molar-refractivity contribution is 6.64. The maximum absolute atomic E-state index is 5.66. The van der Waals surface area contributed by atoms with E-state index in [0.717, 1.165) is 0 Å². The first kappa shape index (κ1) is 16.5. The van der Waals surface area contributed by atoms with E-state index < -0.39 is 8.56 Å². The smallest absolute Gasteiger partial charge is 0.331 e. The van der Waals surface area contributed by atoms with Gasteiger partial charge in [0.15, 0.2) is 0 Å². The molecule has 0 radical (unpaired) electrons. The van der Waals surface area contributed by atoms with E-state index in [2.05, 4.69) is 13.2 Å². The van der Waals surface area contributed by atoms with Crippen LogP contribution >= 0.6 is 0 Å². The van der Waals surface area contributed by atoms with Gasteiger partial charge >= 0.3 is 8.56 Å². The van der Waals surface area contributed by atoms with Crippen LogP contribution in [0.5, 0.6) is 0 Å². The number of ether oxygens (including phenoxy) is 2. The molecule has 0 amide bonds. The molecule has 4 nitrogen and oxygen atoms in total. The Morgan fingerprint density at radius 1 is 0.824 bits per heavy atom. The Morgan fingerprint density at radius 2 is 1.24 bits per heavy atom. The van der Waals surface area contributed by atoms with Crippen LogP contribution in [0.2, 0.25) is 13.1 Å². The van der Waals surface area contributed by atoms with Gasteiger partial charge in [0.05, 0.1) is 39.6 Å². The zero-order chi connectivity index (χ0) is 13.0. The van der Waals surface area contributed by atoms with Gasteiger partial charge in [-0.15, -0.1) is 13.2 Å². The fourth-order valence-corrected chi connectivity index (χ4v) is 2.30. The van der Waals surface area contributed by atoms with Crippen LogP contribution in [0.25, 0.3) is 0 Å². The lowest BCUT2D eigenvalue weighted by Crippen LogP contribution is -2.37. The molecule has 0 aliphatic carbocycles. The second-order valence-electron chi connectivity index (χ2n) is 3.82. The molecule has 0 aromatic heterocycles. The summed E-state index contributed by atoms with van der Waals surface area (Å²) in [7, 11) is -2.04. The first-order valence-electron chi connectivity index (χ1n) is 5.77. The van der Waals surface area contributed by atoms with Crippen molar-refractivity contribution in [2.75, 3.05) is 39.6 Å². The second kappa shape index (κ2) is 10.7. The van der Waals surface area contributed by atoms with Crippen molar-refractivity contribution in [1.82, 2.24) is 0 Å². The summed E-state index contributed by atoms with van der Waals surface area (Å²) in [5.74, 6) is 0. The van der Waals surface area contributed by atoms with Crippen molar-refractivity contribution in [3.63, 3.8) is 0 Å². The molecule has 0 saturated heterocycles. The average molecular weight is 260 g/mol. The zero-order valence-electron chi connectivity index (χ0n) is 10.9. The summed E-state index contributed by atoms with van der Waals surface area (Å²) in [6, 6.07) is 0. The highest BCUT2D eigenvalue weighted by Gasteiger charge is 2.23. The maximum atomic E-state index is 5.66. The summed E-state index contributed by atoms with van der Waals surface area (Å²) in [5.41, 5.74) is 0. The Labute approximate surface area is 105 Å². The second-order valence-corrected chi connectivity index (χ2v) is 7.20. The molecule has 0 aliphatic heterocycles. The van der Waals surface area contributed by atoms with Gasteiger partial charge in [0.1, 0.15) is 0 Å². The topological polar surface area (TPSA) is 36.9 Å². The van der Waals surface area contributed by atoms with Gasteiger partial charge in [0.25, 0.3) is 0 Å². The van der Waals surface area contributed by atoms with Crippen molar-refractivity contribution in [2.24, 2.45) is 0 Å². The van der Waals surface area contributed by atoms with E-state index in [4.69, 9.17) is 18.3 Å². The highest BCUT2D eigenvalue weighted by Crippen LogP contribution is 2.05. The van der Waals surface area contributed by atoms with Gasteiger partial charge in [-0.3, -0.25) is 0 Å². The van der Waals surface area contributed by atoms with Gasteiger partial charge in [-0.2, -0.15) is 0 Å². The first-order valence-corrected chi connectivity index (χ1v) is 8.59. The largest absolute Gasteiger partial charge is 0.392 e. The van der Waals surface area contributed by atoms with Crippen LogP contribution in [-0.2, 0) is 18.3 Å². The van der Waals surface area contributed by atoms with E-state index in [0.29, 0.717) is 39.6 Å². The minimum absolute atomic E-state index is 0.556. The van der Waals surface area contributed by atoms with Crippen LogP contribution in [0, 0.1) is 0 Å². The van der Waals surface area contributed by atoms with Crippen LogP contribution < -0.4 is 0 Å². The summed E-state index contributed by atoms with van der Waals surface area (Å²) in [5, 5.41) is 0. The lowest BCUT2D eigenvalue weighted by atomic mass is 10.7. The Morgan fingerprint density at radius 3 is 1.59 bits per heavy atom. The number of hydrogen-bond donors (Lipinski definition) is 0. The predicted octanol–water partition coefficient (Wildman–Crippen LogP) is 2.13. The summed E-state index contributed by atoms with van der Waals surface area (Å²) in [6.45, 7) is 14.5. The van der Waals surface area contributed by atoms with Gasteiger partial charge in [-0.25, -0.2) is 0 Å². The fraction of sp³-hybridized carbons (Fsp3) is 0.667. The lowest BCUT2D eigenvalue weighted by molar-refractivity contribution is 0.0756. The minimum Gasteiger partial charge on any atom is -0.392 e. The minimum atomic E-state index is -2.04. The maximum Gasteiger partial charge on any atom is 0.331 e. The van der Waals surface area contributed by atoms with Crippen molar-refractivity contribution in [2.45, 2.75) is 13.1 Å². The van der Waals surface area contributed by atoms with E-state index in [1.54, 1.807) is 12.2 Å². The van der Waals surface area contributed by atoms with E-state index in [1.165, 1.54) is 0 Å². The Balaban J connectivity index is 3.44. The third kappa shape index (κ3) is 11.8. The van der Waals surface area contributed by atoms with Crippen molar-refractivity contribution in [3.05, 3.63) is 25.3 Å². The molecule has 0 aromatic carbocycles. The standard InChI is InChI=1S/C12H24O4Si/c1-5-7-13-9-11-15-17(3,4)16-12-10-14-8-6-2/h5-6H,1-2,7-12H2,3-4H3. The molecule has 0 unspecified atom stereocenters. The molecule has 0 spiro atoms. The number of hydrogen-bond acceptors (Lipinski definition) is 4. The summed E-state index contributed by atoms with van der Waals surface area (Å²) < 4.78 is 21.8. The van der Waals surface area contributed by atoms with Crippen LogP contribution in [0.4, 0.5) is 0 Å². The predicted molar refractivity (Wildman–Crippen MR) is 71.4 cm³/mol. The Kier molecular flexibility index (Phi) is 10.4. The molecule has 0 saturated carbocycles. The average Bonchev–Trinajstić information content (AvgIpc) is 2.28. The van der Waals surface area contributed by atoms with Crippen molar-refractivity contribution in [1.29, 1.82) is 0 Å². The third-order valence-corrected chi connectivity index (χ3v) is 3.62. The monoisotopic (exact) mass is 260 g/mol. The molecule has 0 fully saturated rings. The van der Waals surface area contributed by atoms with Crippen LogP contribution in [0.15, 0.2) is 25.3 Å². The van der Waals surface area contributed by atoms with Crippen LogP contribution in [-0.4, -0.2) is 48.2 Å². The van der Waals surface area contributed by atoms with Gasteiger partial charge < -0.3 is 18.3 Å². The Hall–Kier alpha value is -0.463. The summed E-state index contributed by atoms with van der Waals surface area (Å²) >= 11 is 0. The summed E-state index contributed by atoms with van der Waals surface area (Å²) in [4.78, 5) is 0. The van der Waals surface area contributed by atoms with E-state index in [1.807, 2.05) is 13.1 Å². The van der Waals surface area contributed by atoms with E-state index >= 15 is 0 Å². The molecule has 0 aliphatic rings. The molecular formula is C12H24O4Si. The lowest BCUT2D eigenvalue weighted by Gasteiger charge is -2.22. The molecule has 0 N–H and O–H groups in total. The molecule has 5 heteroatoms. The molecule has 17 heavy (non-hydrogen) atoms. The first-order chi connectivity index (χ1) is 8.12. The normalized spacial score (nSPS) is 11.4. The molecule has 0 rings (SSSR count). The zero-order valence-corrected chi connectivity index (χ0v) is 11.9. The fourth-order valence-electron chi connectivity index (χ4n) is 1.07. The van der Waals surface area contributed by atoms with E-state index in [-0.39, 0.29) is 0 Å². The van der Waals surface area contributed by atoms with Crippen LogP contribution in [0.1, 0.15) is 0 Å². The van der Waals surface area contributed by atoms with Gasteiger partial charge in [0.2, 0.25) is 0 Å². The van der Waals surface area contributed by atoms with Gasteiger partial charge in [-0.1, -0.05) is 12.2 Å². The van der Waals surface area contributed by atoms with E-state index in [9.17, 15) is 0 Å². The SMILES string of the molecule is C=CCOCCO[Si](C)(C)OCCOCC=C. The molecule has 0 heterocycles. The van der Waals surface area contributed by atoms with Gasteiger partial charge in [0, 0.05) is 0 Å². The quantitative estimate of drug-likeness (QED) is 0.306. The van der Waals surface area contributed by atoms with Crippen molar-refractivity contribution >= 4 is 8.56 Å². The molecule has 0 atom stereocenters. The van der Waals surface area contributed by atoms with Crippen LogP contribution in [0.3, 0.4) is 0 Å². The molecule has 0 bridgehead atoms. The molecule has 100 valence electrons.